The van der Waals surface area contributed by atoms with Gasteiger partial charge in [-0.1, -0.05) is 23.4 Å². The minimum atomic E-state index is -2.94. The highest BCUT2D eigenvalue weighted by molar-refractivity contribution is 6.00. The van der Waals surface area contributed by atoms with E-state index in [0.29, 0.717) is 11.4 Å². The van der Waals surface area contributed by atoms with Crippen molar-refractivity contribution < 1.29 is 22.8 Å². The summed E-state index contributed by atoms with van der Waals surface area (Å²) in [5, 5.41) is 5.84. The monoisotopic (exact) mass is 295 g/mol. The largest absolute Gasteiger partial charge is 0.434 e. The van der Waals surface area contributed by atoms with E-state index in [1.54, 1.807) is 25.1 Å². The fourth-order valence-corrected chi connectivity index (χ4v) is 1.48. The van der Waals surface area contributed by atoms with Gasteiger partial charge in [-0.25, -0.2) is 0 Å². The first-order valence-corrected chi connectivity index (χ1v) is 5.88. The number of aromatic nitrogens is 2. The number of benzene rings is 1. The smallest absolute Gasteiger partial charge is 0.387 e. The Hall–Kier alpha value is -2.77. The Morgan fingerprint density at radius 1 is 1.43 bits per heavy atom. The molecule has 1 N–H and O–H groups in total. The molecule has 1 amide bonds. The van der Waals surface area contributed by atoms with E-state index < -0.39 is 12.5 Å². The number of para-hydroxylation sites is 1. The van der Waals surface area contributed by atoms with Crippen molar-refractivity contribution in [1.82, 2.24) is 10.1 Å². The van der Waals surface area contributed by atoms with Crippen molar-refractivity contribution in [3.8, 4) is 5.75 Å². The fourth-order valence-electron chi connectivity index (χ4n) is 1.48. The van der Waals surface area contributed by atoms with Gasteiger partial charge in [0.2, 0.25) is 0 Å². The molecule has 0 saturated heterocycles. The van der Waals surface area contributed by atoms with Gasteiger partial charge in [-0.2, -0.15) is 13.8 Å². The SMILES string of the molecule is Cc1noc(NC(=O)/C=C\c2ccccc2OC(F)F)n1. The molecule has 21 heavy (non-hydrogen) atoms. The van der Waals surface area contributed by atoms with Gasteiger partial charge in [0.15, 0.2) is 5.82 Å². The predicted octanol–water partition coefficient (Wildman–Crippen LogP) is 2.63. The van der Waals surface area contributed by atoms with Crippen LogP contribution in [0, 0.1) is 6.92 Å². The summed E-state index contributed by atoms with van der Waals surface area (Å²) in [6.07, 6.45) is 2.49. The number of hydrogen-bond donors (Lipinski definition) is 1. The van der Waals surface area contributed by atoms with Gasteiger partial charge in [-0.3, -0.25) is 10.1 Å². The molecule has 0 aliphatic heterocycles. The lowest BCUT2D eigenvalue weighted by molar-refractivity contribution is -0.112. The van der Waals surface area contributed by atoms with Gasteiger partial charge in [0.05, 0.1) is 0 Å². The van der Waals surface area contributed by atoms with Crippen LogP contribution < -0.4 is 10.1 Å². The quantitative estimate of drug-likeness (QED) is 0.858. The molecule has 8 heteroatoms. The molecule has 0 aliphatic rings. The third-order valence-electron chi connectivity index (χ3n) is 2.31. The molecule has 0 radical (unpaired) electrons. The Morgan fingerprint density at radius 2 is 2.19 bits per heavy atom. The van der Waals surface area contributed by atoms with Crippen molar-refractivity contribution in [2.45, 2.75) is 13.5 Å². The molecule has 0 bridgehead atoms. The summed E-state index contributed by atoms with van der Waals surface area (Å²) in [6, 6.07) is 6.07. The van der Waals surface area contributed by atoms with Crippen molar-refractivity contribution >= 4 is 18.0 Å². The zero-order chi connectivity index (χ0) is 15.2. The van der Waals surface area contributed by atoms with Crippen LogP contribution in [0.1, 0.15) is 11.4 Å². The van der Waals surface area contributed by atoms with Crippen molar-refractivity contribution in [2.75, 3.05) is 5.32 Å². The minimum absolute atomic E-state index is 0.0230. The maximum Gasteiger partial charge on any atom is 0.387 e. The number of carbonyl (C=O) groups excluding carboxylic acids is 1. The highest BCUT2D eigenvalue weighted by Gasteiger charge is 2.08. The third kappa shape index (κ3) is 4.37. The Kier molecular flexibility index (Phi) is 4.60. The topological polar surface area (TPSA) is 77.2 Å². The van der Waals surface area contributed by atoms with E-state index in [4.69, 9.17) is 4.52 Å². The molecule has 0 atom stereocenters. The predicted molar refractivity (Wildman–Crippen MR) is 69.8 cm³/mol. The summed E-state index contributed by atoms with van der Waals surface area (Å²) in [6.45, 7) is -1.33. The molecule has 1 aromatic carbocycles. The highest BCUT2D eigenvalue weighted by Crippen LogP contribution is 2.21. The van der Waals surface area contributed by atoms with Crippen molar-refractivity contribution in [1.29, 1.82) is 0 Å². The molecule has 2 rings (SSSR count). The molecule has 0 saturated carbocycles. The van der Waals surface area contributed by atoms with E-state index >= 15 is 0 Å². The first-order chi connectivity index (χ1) is 10.0. The number of carbonyl (C=O) groups is 1. The lowest BCUT2D eigenvalue weighted by Crippen LogP contribution is -2.08. The molecule has 110 valence electrons. The fraction of sp³-hybridized carbons (Fsp3) is 0.154. The van der Waals surface area contributed by atoms with Gasteiger partial charge in [0.25, 0.3) is 5.91 Å². The second-order valence-corrected chi connectivity index (χ2v) is 3.89. The lowest BCUT2D eigenvalue weighted by Gasteiger charge is -2.07. The average Bonchev–Trinajstić information content (AvgIpc) is 2.82. The third-order valence-corrected chi connectivity index (χ3v) is 2.31. The molecule has 0 fully saturated rings. The van der Waals surface area contributed by atoms with Crippen LogP contribution in [-0.4, -0.2) is 22.7 Å². The normalized spacial score (nSPS) is 11.0. The molecule has 2 aromatic rings. The maximum absolute atomic E-state index is 12.2. The van der Waals surface area contributed by atoms with Crippen LogP contribution in [0.3, 0.4) is 0 Å². The number of anilines is 1. The number of alkyl halides is 2. The standard InChI is InChI=1S/C13H11F2N3O3/c1-8-16-13(21-18-8)17-11(19)7-6-9-4-2-3-5-10(9)20-12(14)15/h2-7,12H,1H3,(H,16,17,18,19)/b7-6-. The van der Waals surface area contributed by atoms with Gasteiger partial charge >= 0.3 is 12.6 Å². The zero-order valence-electron chi connectivity index (χ0n) is 10.9. The summed E-state index contributed by atoms with van der Waals surface area (Å²) in [7, 11) is 0. The van der Waals surface area contributed by atoms with E-state index in [2.05, 4.69) is 20.2 Å². The summed E-state index contributed by atoms with van der Waals surface area (Å²) < 4.78 is 33.5. The molecular formula is C13H11F2N3O3. The van der Waals surface area contributed by atoms with Crippen molar-refractivity contribution in [3.63, 3.8) is 0 Å². The molecule has 0 unspecified atom stereocenters. The molecule has 0 aliphatic carbocycles. The molecule has 0 spiro atoms. The van der Waals surface area contributed by atoms with Crippen LogP contribution in [0.2, 0.25) is 0 Å². The number of rotatable bonds is 5. The van der Waals surface area contributed by atoms with E-state index in [9.17, 15) is 13.6 Å². The van der Waals surface area contributed by atoms with Crippen LogP contribution in [0.15, 0.2) is 34.9 Å². The Bertz CT molecular complexity index is 656. The average molecular weight is 295 g/mol. The van der Waals surface area contributed by atoms with Gasteiger partial charge in [-0.05, 0) is 19.1 Å². The van der Waals surface area contributed by atoms with Gasteiger partial charge in [0, 0.05) is 11.6 Å². The molecule has 1 heterocycles. The van der Waals surface area contributed by atoms with Gasteiger partial charge < -0.3 is 9.26 Å². The first kappa shape index (κ1) is 14.6. The van der Waals surface area contributed by atoms with E-state index in [1.807, 2.05) is 0 Å². The zero-order valence-corrected chi connectivity index (χ0v) is 10.9. The van der Waals surface area contributed by atoms with Crippen LogP contribution in [0.25, 0.3) is 6.08 Å². The van der Waals surface area contributed by atoms with Crippen LogP contribution in [0.5, 0.6) is 5.75 Å². The van der Waals surface area contributed by atoms with E-state index in [1.165, 1.54) is 12.1 Å². The number of ether oxygens (including phenoxy) is 1. The Morgan fingerprint density at radius 3 is 2.86 bits per heavy atom. The maximum atomic E-state index is 12.2. The van der Waals surface area contributed by atoms with Crippen molar-refractivity contribution in [3.05, 3.63) is 41.7 Å². The number of nitrogens with one attached hydrogen (secondary N) is 1. The summed E-state index contributed by atoms with van der Waals surface area (Å²) in [5.41, 5.74) is 0.342. The van der Waals surface area contributed by atoms with Gasteiger partial charge in [-0.15, -0.1) is 0 Å². The number of hydrogen-bond acceptors (Lipinski definition) is 5. The van der Waals surface area contributed by atoms with E-state index in [0.717, 1.165) is 6.08 Å². The Labute approximate surface area is 118 Å². The van der Waals surface area contributed by atoms with Crippen LogP contribution >= 0.6 is 0 Å². The summed E-state index contributed by atoms with van der Waals surface area (Å²) >= 11 is 0. The lowest BCUT2D eigenvalue weighted by atomic mass is 10.2. The molecular weight excluding hydrogens is 284 g/mol. The molecule has 1 aromatic heterocycles. The number of halogens is 2. The van der Waals surface area contributed by atoms with Crippen molar-refractivity contribution in [2.24, 2.45) is 0 Å². The summed E-state index contributed by atoms with van der Waals surface area (Å²) in [4.78, 5) is 15.4. The van der Waals surface area contributed by atoms with E-state index in [-0.39, 0.29) is 11.8 Å². The number of amides is 1. The highest BCUT2D eigenvalue weighted by atomic mass is 19.3. The number of nitrogens with zero attached hydrogens (tertiary/aromatic N) is 2. The second-order valence-electron chi connectivity index (χ2n) is 3.89. The van der Waals surface area contributed by atoms with Gasteiger partial charge in [0.1, 0.15) is 5.75 Å². The van der Waals surface area contributed by atoms with Crippen LogP contribution in [-0.2, 0) is 4.79 Å². The number of aryl methyl sites for hydroxylation is 1. The summed E-state index contributed by atoms with van der Waals surface area (Å²) in [5.74, 6) is -0.180. The van der Waals surface area contributed by atoms with Crippen LogP contribution in [0.4, 0.5) is 14.8 Å². The first-order valence-electron chi connectivity index (χ1n) is 5.88. The molecule has 6 nitrogen and oxygen atoms in total. The Balaban J connectivity index is 2.05. The minimum Gasteiger partial charge on any atom is -0.434 e. The second kappa shape index (κ2) is 6.60.